The van der Waals surface area contributed by atoms with E-state index in [1.54, 1.807) is 6.92 Å². The number of cyclic esters (lactones) is 1. The predicted molar refractivity (Wildman–Crippen MR) is 149 cm³/mol. The number of carbonyl (C=O) groups excluding carboxylic acids is 3. The van der Waals surface area contributed by atoms with Crippen LogP contribution in [0.1, 0.15) is 50.2 Å². The molecule has 4 atom stereocenters. The molecule has 1 saturated heterocycles. The zero-order chi connectivity index (χ0) is 29.8. The Hall–Kier alpha value is -3.70. The summed E-state index contributed by atoms with van der Waals surface area (Å²) in [5.41, 5.74) is 0.959. The number of nitrogens with one attached hydrogen (secondary N) is 1. The van der Waals surface area contributed by atoms with Crippen LogP contribution in [0.2, 0.25) is 0 Å². The van der Waals surface area contributed by atoms with Gasteiger partial charge in [-0.3, -0.25) is 9.59 Å². The molecule has 1 amide bonds. The quantitative estimate of drug-likeness (QED) is 0.298. The van der Waals surface area contributed by atoms with Gasteiger partial charge < -0.3 is 33.7 Å². The van der Waals surface area contributed by atoms with Crippen molar-refractivity contribution in [3.63, 3.8) is 0 Å². The number of nitrogens with zero attached hydrogens (tertiary/aromatic N) is 1. The summed E-state index contributed by atoms with van der Waals surface area (Å²) in [6.07, 6.45) is 1.89. The molecule has 0 spiro atoms. The van der Waals surface area contributed by atoms with Crippen molar-refractivity contribution in [1.82, 2.24) is 10.3 Å². The molecule has 4 unspecified atom stereocenters. The van der Waals surface area contributed by atoms with Gasteiger partial charge in [0.2, 0.25) is 6.79 Å². The van der Waals surface area contributed by atoms with E-state index in [9.17, 15) is 14.4 Å². The zero-order valence-corrected chi connectivity index (χ0v) is 24.3. The number of carbonyl (C=O) groups is 3. The van der Waals surface area contributed by atoms with Crippen LogP contribution in [0.5, 0.6) is 11.5 Å². The lowest BCUT2D eigenvalue weighted by Crippen LogP contribution is -2.46. The Morgan fingerprint density at radius 2 is 1.90 bits per heavy atom. The minimum absolute atomic E-state index is 0.0407. The van der Waals surface area contributed by atoms with Crippen LogP contribution >= 0.6 is 0 Å². The number of ether oxygens (including phenoxy) is 6. The fourth-order valence-corrected chi connectivity index (χ4v) is 4.41. The van der Waals surface area contributed by atoms with E-state index in [2.05, 4.69) is 24.1 Å². The van der Waals surface area contributed by atoms with Crippen molar-refractivity contribution >= 4 is 17.8 Å². The van der Waals surface area contributed by atoms with Gasteiger partial charge in [0, 0.05) is 31.7 Å². The van der Waals surface area contributed by atoms with E-state index >= 15 is 0 Å². The van der Waals surface area contributed by atoms with Gasteiger partial charge in [-0.05, 0) is 31.2 Å². The molecule has 1 N–H and O–H groups in total. The standard InChI is InChI=1S/C30H40N2O9/c1-19(2)12-14-38-27-20(3)41-30(35)24(17-37-16-23(27)15-22-9-7-6-8-10-22)32-29(34)26-28(40-18-39-21(4)33)25(36-5)11-13-31-26/h6-11,13,19-20,23-24,27H,12,14-18H2,1-5H3,(H,32,34). The number of pyridine rings is 1. The van der Waals surface area contributed by atoms with Crippen LogP contribution in [0.15, 0.2) is 42.6 Å². The first-order valence-electron chi connectivity index (χ1n) is 13.7. The summed E-state index contributed by atoms with van der Waals surface area (Å²) in [6, 6.07) is 10.4. The Balaban J connectivity index is 1.78. The molecule has 1 aliphatic rings. The molecule has 0 radical (unpaired) electrons. The van der Waals surface area contributed by atoms with Gasteiger partial charge in [-0.25, -0.2) is 9.78 Å². The summed E-state index contributed by atoms with van der Waals surface area (Å²) in [7, 11) is 1.39. The monoisotopic (exact) mass is 572 g/mol. The Labute approximate surface area is 240 Å². The molecule has 2 aromatic rings. The maximum Gasteiger partial charge on any atom is 0.331 e. The van der Waals surface area contributed by atoms with Gasteiger partial charge >= 0.3 is 11.9 Å². The SMILES string of the molecule is COc1ccnc(C(=O)NC2COCC(Cc3ccccc3)C(OCCC(C)C)C(C)OC2=O)c1OCOC(C)=O. The van der Waals surface area contributed by atoms with Gasteiger partial charge in [-0.1, -0.05) is 44.2 Å². The molecule has 1 aromatic carbocycles. The lowest BCUT2D eigenvalue weighted by Gasteiger charge is -2.31. The maximum atomic E-state index is 13.3. The van der Waals surface area contributed by atoms with E-state index in [0.717, 1.165) is 12.0 Å². The summed E-state index contributed by atoms with van der Waals surface area (Å²) >= 11 is 0. The summed E-state index contributed by atoms with van der Waals surface area (Å²) in [6.45, 7) is 7.52. The van der Waals surface area contributed by atoms with E-state index < -0.39 is 42.9 Å². The number of amides is 1. The molecule has 0 bridgehead atoms. The highest BCUT2D eigenvalue weighted by Gasteiger charge is 2.36. The number of hydrogen-bond acceptors (Lipinski definition) is 10. The Kier molecular flexibility index (Phi) is 12.4. The minimum atomic E-state index is -1.12. The molecule has 11 heteroatoms. The molecule has 1 aromatic heterocycles. The van der Waals surface area contributed by atoms with Gasteiger partial charge in [0.25, 0.3) is 5.91 Å². The molecule has 41 heavy (non-hydrogen) atoms. The van der Waals surface area contributed by atoms with E-state index in [4.69, 9.17) is 28.4 Å². The summed E-state index contributed by atoms with van der Waals surface area (Å²) in [5.74, 6) is -1.41. The van der Waals surface area contributed by atoms with Crippen molar-refractivity contribution < 1.29 is 42.8 Å². The van der Waals surface area contributed by atoms with Crippen LogP contribution in [0, 0.1) is 11.8 Å². The van der Waals surface area contributed by atoms with Crippen LogP contribution in [0.3, 0.4) is 0 Å². The first-order valence-corrected chi connectivity index (χ1v) is 13.7. The number of aromatic nitrogens is 1. The van der Waals surface area contributed by atoms with Crippen molar-refractivity contribution in [3.05, 3.63) is 53.9 Å². The van der Waals surface area contributed by atoms with Crippen molar-refractivity contribution in [2.24, 2.45) is 11.8 Å². The van der Waals surface area contributed by atoms with Crippen molar-refractivity contribution in [1.29, 1.82) is 0 Å². The molecule has 2 heterocycles. The molecule has 1 aliphatic heterocycles. The number of benzene rings is 1. The van der Waals surface area contributed by atoms with E-state index in [1.165, 1.54) is 26.3 Å². The lowest BCUT2D eigenvalue weighted by molar-refractivity contribution is -0.160. The first-order chi connectivity index (χ1) is 19.7. The van der Waals surface area contributed by atoms with Gasteiger partial charge in [0.15, 0.2) is 23.2 Å². The van der Waals surface area contributed by atoms with Crippen LogP contribution in [-0.2, 0) is 35.0 Å². The second-order valence-corrected chi connectivity index (χ2v) is 10.3. The van der Waals surface area contributed by atoms with Crippen molar-refractivity contribution in [2.45, 2.75) is 58.8 Å². The van der Waals surface area contributed by atoms with Crippen LogP contribution < -0.4 is 14.8 Å². The lowest BCUT2D eigenvalue weighted by atomic mass is 9.91. The van der Waals surface area contributed by atoms with Gasteiger partial charge in [-0.2, -0.15) is 0 Å². The van der Waals surface area contributed by atoms with Gasteiger partial charge in [0.1, 0.15) is 6.10 Å². The number of methoxy groups -OCH3 is 1. The van der Waals surface area contributed by atoms with Crippen LogP contribution in [0.4, 0.5) is 0 Å². The van der Waals surface area contributed by atoms with Crippen molar-refractivity contribution in [3.8, 4) is 11.5 Å². The van der Waals surface area contributed by atoms with E-state index in [-0.39, 0.29) is 29.7 Å². The van der Waals surface area contributed by atoms with Gasteiger partial charge in [-0.15, -0.1) is 0 Å². The molecule has 3 rings (SSSR count). The topological polar surface area (TPSA) is 132 Å². The fourth-order valence-electron chi connectivity index (χ4n) is 4.41. The molecule has 224 valence electrons. The predicted octanol–water partition coefficient (Wildman–Crippen LogP) is 3.34. The second-order valence-electron chi connectivity index (χ2n) is 10.3. The van der Waals surface area contributed by atoms with E-state index in [1.807, 2.05) is 30.3 Å². The highest BCUT2D eigenvalue weighted by atomic mass is 16.7. The number of esters is 2. The smallest absolute Gasteiger partial charge is 0.331 e. The minimum Gasteiger partial charge on any atom is -0.493 e. The Morgan fingerprint density at radius 1 is 1.15 bits per heavy atom. The van der Waals surface area contributed by atoms with E-state index in [0.29, 0.717) is 25.6 Å². The summed E-state index contributed by atoms with van der Waals surface area (Å²) in [4.78, 5) is 41.8. The second kappa shape index (κ2) is 15.9. The number of hydrogen-bond donors (Lipinski definition) is 1. The van der Waals surface area contributed by atoms with Gasteiger partial charge in [0.05, 0.1) is 26.4 Å². The third-order valence-corrected chi connectivity index (χ3v) is 6.55. The molecule has 1 fully saturated rings. The fraction of sp³-hybridized carbons (Fsp3) is 0.533. The molecule has 11 nitrogen and oxygen atoms in total. The van der Waals surface area contributed by atoms with Crippen LogP contribution in [-0.4, -0.2) is 74.8 Å². The first kappa shape index (κ1) is 31.8. The highest BCUT2D eigenvalue weighted by Crippen LogP contribution is 2.30. The normalized spacial score (nSPS) is 21.2. The number of rotatable bonds is 12. The molecular weight excluding hydrogens is 532 g/mol. The Bertz CT molecular complexity index is 1140. The summed E-state index contributed by atoms with van der Waals surface area (Å²) in [5, 5.41) is 2.64. The Morgan fingerprint density at radius 3 is 2.59 bits per heavy atom. The molecule has 0 saturated carbocycles. The largest absolute Gasteiger partial charge is 0.493 e. The maximum absolute atomic E-state index is 13.3. The average Bonchev–Trinajstić information content (AvgIpc) is 2.98. The molecular formula is C30H40N2O9. The average molecular weight is 573 g/mol. The highest BCUT2D eigenvalue weighted by molar-refractivity contribution is 5.98. The van der Waals surface area contributed by atoms with Crippen molar-refractivity contribution in [2.75, 3.05) is 33.7 Å². The molecule has 0 aliphatic carbocycles. The third kappa shape index (κ3) is 9.72. The third-order valence-electron chi connectivity index (χ3n) is 6.55. The zero-order valence-electron chi connectivity index (χ0n) is 24.3. The van der Waals surface area contributed by atoms with Crippen LogP contribution in [0.25, 0.3) is 0 Å². The summed E-state index contributed by atoms with van der Waals surface area (Å²) < 4.78 is 33.7.